The number of thiazole rings is 1. The summed E-state index contributed by atoms with van der Waals surface area (Å²) >= 11 is 1.07. The Morgan fingerprint density at radius 1 is 1.09 bits per heavy atom. The van der Waals surface area contributed by atoms with Crippen molar-refractivity contribution in [3.63, 3.8) is 0 Å². The zero-order valence-electron chi connectivity index (χ0n) is 19.2. The van der Waals surface area contributed by atoms with Gasteiger partial charge in [-0.3, -0.25) is 14.9 Å². The SMILES string of the molecule is CC1(C(=O)O)CCN(C(=O)c2cnc(NC(=O)OCC3c4ccccc4-c4ccccc43)s2)CC1. The van der Waals surface area contributed by atoms with Crippen molar-refractivity contribution in [1.82, 2.24) is 9.88 Å². The third kappa shape index (κ3) is 4.39. The van der Waals surface area contributed by atoms with E-state index in [1.807, 2.05) is 24.3 Å². The van der Waals surface area contributed by atoms with Crippen molar-refractivity contribution in [2.24, 2.45) is 5.41 Å². The van der Waals surface area contributed by atoms with Crippen molar-refractivity contribution in [3.8, 4) is 11.1 Å². The monoisotopic (exact) mass is 491 g/mol. The van der Waals surface area contributed by atoms with Crippen LogP contribution in [-0.2, 0) is 9.53 Å². The molecule has 5 rings (SSSR count). The average molecular weight is 492 g/mol. The number of carboxylic acids is 1. The van der Waals surface area contributed by atoms with Crippen LogP contribution in [0.4, 0.5) is 9.93 Å². The number of aliphatic carboxylic acids is 1. The summed E-state index contributed by atoms with van der Waals surface area (Å²) in [5.41, 5.74) is 3.76. The molecule has 0 unspecified atom stereocenters. The number of carbonyl (C=O) groups excluding carboxylic acids is 2. The normalized spacial score (nSPS) is 16.3. The number of carboxylic acid groups (broad SMARTS) is 1. The Labute approximate surface area is 206 Å². The number of nitrogens with zero attached hydrogens (tertiary/aromatic N) is 2. The van der Waals surface area contributed by atoms with Crippen LogP contribution in [0.25, 0.3) is 11.1 Å². The van der Waals surface area contributed by atoms with Gasteiger partial charge in [-0.05, 0) is 42.0 Å². The molecule has 2 aliphatic rings. The smallest absolute Gasteiger partial charge is 0.413 e. The molecule has 0 radical (unpaired) electrons. The molecular weight excluding hydrogens is 466 g/mol. The minimum absolute atomic E-state index is 0.0443. The van der Waals surface area contributed by atoms with Crippen LogP contribution in [0.2, 0.25) is 0 Å². The lowest BCUT2D eigenvalue weighted by Gasteiger charge is -2.36. The molecule has 1 aliphatic heterocycles. The van der Waals surface area contributed by atoms with Crippen molar-refractivity contribution in [1.29, 1.82) is 0 Å². The fraction of sp³-hybridized carbons (Fsp3) is 0.308. The molecular formula is C26H25N3O5S. The molecule has 8 nitrogen and oxygen atoms in total. The molecule has 0 saturated carbocycles. The molecule has 3 aromatic rings. The summed E-state index contributed by atoms with van der Waals surface area (Å²) in [6.07, 6.45) is 1.60. The molecule has 1 aliphatic carbocycles. The highest BCUT2D eigenvalue weighted by Crippen LogP contribution is 2.44. The van der Waals surface area contributed by atoms with Crippen LogP contribution in [0.1, 0.15) is 46.5 Å². The summed E-state index contributed by atoms with van der Waals surface area (Å²) in [5.74, 6) is -1.09. The van der Waals surface area contributed by atoms with E-state index in [1.165, 1.54) is 6.20 Å². The van der Waals surface area contributed by atoms with E-state index in [0.717, 1.165) is 33.6 Å². The Kier molecular flexibility index (Phi) is 6.02. The van der Waals surface area contributed by atoms with E-state index in [4.69, 9.17) is 4.74 Å². The third-order valence-corrected chi connectivity index (χ3v) is 7.84. The van der Waals surface area contributed by atoms with Gasteiger partial charge in [-0.15, -0.1) is 0 Å². The lowest BCUT2D eigenvalue weighted by molar-refractivity contribution is -0.150. The zero-order chi connectivity index (χ0) is 24.6. The van der Waals surface area contributed by atoms with Crippen LogP contribution >= 0.6 is 11.3 Å². The van der Waals surface area contributed by atoms with Gasteiger partial charge in [0.15, 0.2) is 5.13 Å². The molecule has 1 aromatic heterocycles. The maximum Gasteiger partial charge on any atom is 0.413 e. The van der Waals surface area contributed by atoms with E-state index in [1.54, 1.807) is 11.8 Å². The number of hydrogen-bond acceptors (Lipinski definition) is 6. The molecule has 1 fully saturated rings. The highest BCUT2D eigenvalue weighted by molar-refractivity contribution is 7.17. The minimum Gasteiger partial charge on any atom is -0.481 e. The first-order chi connectivity index (χ1) is 16.9. The molecule has 180 valence electrons. The zero-order valence-corrected chi connectivity index (χ0v) is 20.0. The molecule has 0 bridgehead atoms. The second-order valence-electron chi connectivity index (χ2n) is 9.14. The first-order valence-electron chi connectivity index (χ1n) is 11.5. The second kappa shape index (κ2) is 9.14. The van der Waals surface area contributed by atoms with Crippen molar-refractivity contribution in [3.05, 3.63) is 70.7 Å². The topological polar surface area (TPSA) is 109 Å². The lowest BCUT2D eigenvalue weighted by Crippen LogP contribution is -2.45. The molecule has 0 spiro atoms. The van der Waals surface area contributed by atoms with Crippen molar-refractivity contribution < 1.29 is 24.2 Å². The van der Waals surface area contributed by atoms with Gasteiger partial charge in [0.1, 0.15) is 11.5 Å². The standard InChI is InChI=1S/C26H25N3O5S/c1-26(23(31)32)10-12-29(13-11-26)22(30)21-14-27-24(35-21)28-25(33)34-15-20-18-8-4-2-6-16(18)17-7-3-5-9-19(17)20/h2-9,14,20H,10-13,15H2,1H3,(H,31,32)(H,27,28,33). The third-order valence-electron chi connectivity index (χ3n) is 6.94. The lowest BCUT2D eigenvalue weighted by atomic mass is 9.80. The number of hydrogen-bond donors (Lipinski definition) is 2. The summed E-state index contributed by atoms with van der Waals surface area (Å²) in [6, 6.07) is 16.2. The fourth-order valence-corrected chi connectivity index (χ4v) is 5.50. The molecule has 2 N–H and O–H groups in total. The predicted molar refractivity (Wildman–Crippen MR) is 132 cm³/mol. The number of ether oxygens (including phenoxy) is 1. The number of rotatable bonds is 5. The molecule has 2 heterocycles. The number of amides is 2. The van der Waals surface area contributed by atoms with E-state index in [-0.39, 0.29) is 23.6 Å². The van der Waals surface area contributed by atoms with E-state index in [0.29, 0.717) is 30.8 Å². The molecule has 9 heteroatoms. The van der Waals surface area contributed by atoms with E-state index in [2.05, 4.69) is 34.6 Å². The summed E-state index contributed by atoms with van der Waals surface area (Å²) in [4.78, 5) is 42.9. The Hall–Kier alpha value is -3.72. The number of fused-ring (bicyclic) bond motifs is 3. The number of piperidine rings is 1. The fourth-order valence-electron chi connectivity index (χ4n) is 4.73. The van der Waals surface area contributed by atoms with Gasteiger partial charge < -0.3 is 14.7 Å². The predicted octanol–water partition coefficient (Wildman–Crippen LogP) is 4.83. The van der Waals surface area contributed by atoms with Crippen LogP contribution in [0.5, 0.6) is 0 Å². The summed E-state index contributed by atoms with van der Waals surface area (Å²) in [6.45, 7) is 2.64. The summed E-state index contributed by atoms with van der Waals surface area (Å²) < 4.78 is 5.54. The van der Waals surface area contributed by atoms with Gasteiger partial charge in [-0.25, -0.2) is 9.78 Å². The number of aromatic nitrogens is 1. The Bertz CT molecular complexity index is 1250. The molecule has 1 saturated heterocycles. The van der Waals surface area contributed by atoms with Crippen LogP contribution in [0.3, 0.4) is 0 Å². The average Bonchev–Trinajstić information content (AvgIpc) is 3.45. The maximum atomic E-state index is 12.8. The van der Waals surface area contributed by atoms with E-state index in [9.17, 15) is 19.5 Å². The van der Waals surface area contributed by atoms with Crippen LogP contribution < -0.4 is 5.32 Å². The number of carbonyl (C=O) groups is 3. The minimum atomic E-state index is -0.836. The summed E-state index contributed by atoms with van der Waals surface area (Å²) in [7, 11) is 0. The van der Waals surface area contributed by atoms with Gasteiger partial charge in [0.2, 0.25) is 0 Å². The Morgan fingerprint density at radius 2 is 1.69 bits per heavy atom. The maximum absolute atomic E-state index is 12.8. The summed E-state index contributed by atoms with van der Waals surface area (Å²) in [5, 5.41) is 12.3. The van der Waals surface area contributed by atoms with Crippen LogP contribution in [0, 0.1) is 5.41 Å². The van der Waals surface area contributed by atoms with Gasteiger partial charge in [0.25, 0.3) is 5.91 Å². The van der Waals surface area contributed by atoms with Crippen molar-refractivity contribution in [2.45, 2.75) is 25.7 Å². The van der Waals surface area contributed by atoms with Gasteiger partial charge in [0, 0.05) is 19.0 Å². The first kappa shape index (κ1) is 23.0. The van der Waals surface area contributed by atoms with Gasteiger partial charge in [-0.2, -0.15) is 0 Å². The molecule has 0 atom stereocenters. The molecule has 35 heavy (non-hydrogen) atoms. The Morgan fingerprint density at radius 3 is 2.29 bits per heavy atom. The molecule has 2 amide bonds. The quantitative estimate of drug-likeness (QED) is 0.529. The largest absolute Gasteiger partial charge is 0.481 e. The van der Waals surface area contributed by atoms with Gasteiger partial charge >= 0.3 is 12.1 Å². The van der Waals surface area contributed by atoms with Gasteiger partial charge in [0.05, 0.1) is 11.6 Å². The highest BCUT2D eigenvalue weighted by atomic mass is 32.1. The highest BCUT2D eigenvalue weighted by Gasteiger charge is 2.38. The number of nitrogens with one attached hydrogen (secondary N) is 1. The van der Waals surface area contributed by atoms with E-state index >= 15 is 0 Å². The van der Waals surface area contributed by atoms with E-state index < -0.39 is 17.5 Å². The van der Waals surface area contributed by atoms with Crippen LogP contribution in [-0.4, -0.2) is 52.7 Å². The number of benzene rings is 2. The number of anilines is 1. The van der Waals surface area contributed by atoms with Gasteiger partial charge in [-0.1, -0.05) is 59.9 Å². The molecule has 2 aromatic carbocycles. The first-order valence-corrected chi connectivity index (χ1v) is 12.3. The van der Waals surface area contributed by atoms with Crippen molar-refractivity contribution >= 4 is 34.4 Å². The second-order valence-corrected chi connectivity index (χ2v) is 10.2. The Balaban J connectivity index is 1.18. The van der Waals surface area contributed by atoms with Crippen LogP contribution in [0.15, 0.2) is 54.7 Å². The number of likely N-dealkylation sites (tertiary alicyclic amines) is 1. The van der Waals surface area contributed by atoms with Crippen molar-refractivity contribution in [2.75, 3.05) is 25.0 Å².